The summed E-state index contributed by atoms with van der Waals surface area (Å²) in [6.45, 7) is 10.5. The molecule has 0 saturated heterocycles. The Bertz CT molecular complexity index is 135. The first kappa shape index (κ1) is 14.9. The van der Waals surface area contributed by atoms with E-state index >= 15 is 0 Å². The van der Waals surface area contributed by atoms with Crippen molar-refractivity contribution in [2.75, 3.05) is 26.4 Å². The third-order valence-electron chi connectivity index (χ3n) is 2.24. The summed E-state index contributed by atoms with van der Waals surface area (Å²) in [6.07, 6.45) is 1.42. The van der Waals surface area contributed by atoms with Gasteiger partial charge < -0.3 is 14.6 Å². The lowest BCUT2D eigenvalue weighted by Gasteiger charge is -2.23. The molecule has 0 aromatic rings. The van der Waals surface area contributed by atoms with E-state index in [4.69, 9.17) is 14.6 Å². The Hall–Kier alpha value is -0.120. The molecule has 0 aliphatic carbocycles. The number of hydrogen-bond acceptors (Lipinski definition) is 3. The molecule has 0 bridgehead atoms. The summed E-state index contributed by atoms with van der Waals surface area (Å²) in [5, 5.41) is 8.52. The van der Waals surface area contributed by atoms with Crippen molar-refractivity contribution in [3.05, 3.63) is 0 Å². The van der Waals surface area contributed by atoms with Crippen LogP contribution < -0.4 is 0 Å². The molecular weight excluding hydrogens is 192 g/mol. The highest BCUT2D eigenvalue weighted by molar-refractivity contribution is 4.64. The van der Waals surface area contributed by atoms with Crippen molar-refractivity contribution in [3.63, 3.8) is 0 Å². The molecule has 0 aromatic heterocycles. The second-order valence-corrected chi connectivity index (χ2v) is 4.62. The zero-order valence-electron chi connectivity index (χ0n) is 10.5. The van der Waals surface area contributed by atoms with E-state index < -0.39 is 0 Å². The topological polar surface area (TPSA) is 38.7 Å². The lowest BCUT2D eigenvalue weighted by atomic mass is 9.97. The highest BCUT2D eigenvalue weighted by Gasteiger charge is 2.15. The molecule has 0 saturated carbocycles. The molecule has 0 amide bonds. The maximum absolute atomic E-state index is 8.52. The van der Waals surface area contributed by atoms with Gasteiger partial charge in [-0.05, 0) is 18.3 Å². The van der Waals surface area contributed by atoms with Crippen LogP contribution in [-0.2, 0) is 9.47 Å². The van der Waals surface area contributed by atoms with Gasteiger partial charge in [-0.2, -0.15) is 0 Å². The molecule has 0 aromatic carbocycles. The number of rotatable bonds is 9. The minimum atomic E-state index is 0.0829. The second kappa shape index (κ2) is 9.13. The molecule has 3 nitrogen and oxygen atoms in total. The van der Waals surface area contributed by atoms with Crippen LogP contribution in [0.25, 0.3) is 0 Å². The van der Waals surface area contributed by atoms with Crippen LogP contribution in [-0.4, -0.2) is 37.6 Å². The van der Waals surface area contributed by atoms with E-state index in [1.54, 1.807) is 0 Å². The molecule has 1 atom stereocenters. The Morgan fingerprint density at radius 2 is 1.67 bits per heavy atom. The summed E-state index contributed by atoms with van der Waals surface area (Å²) in [7, 11) is 0. The molecule has 1 N–H and O–H groups in total. The van der Waals surface area contributed by atoms with Gasteiger partial charge in [0.05, 0.1) is 32.5 Å². The van der Waals surface area contributed by atoms with E-state index in [1.807, 2.05) is 0 Å². The van der Waals surface area contributed by atoms with E-state index in [0.717, 1.165) is 6.42 Å². The zero-order chi connectivity index (χ0) is 11.7. The summed E-state index contributed by atoms with van der Waals surface area (Å²) < 4.78 is 10.9. The molecule has 0 spiro atoms. The zero-order valence-corrected chi connectivity index (χ0v) is 10.5. The predicted octanol–water partition coefficient (Wildman–Crippen LogP) is 2.08. The maximum Gasteiger partial charge on any atom is 0.0704 e. The monoisotopic (exact) mass is 218 g/mol. The summed E-state index contributed by atoms with van der Waals surface area (Å²) in [5.74, 6) is 1.21. The van der Waals surface area contributed by atoms with E-state index in [0.29, 0.717) is 37.8 Å². The predicted molar refractivity (Wildman–Crippen MR) is 61.9 cm³/mol. The van der Waals surface area contributed by atoms with Crippen LogP contribution in [0.4, 0.5) is 0 Å². The van der Waals surface area contributed by atoms with Crippen LogP contribution in [0.15, 0.2) is 0 Å². The first-order chi connectivity index (χ1) is 7.07. The molecule has 15 heavy (non-hydrogen) atoms. The standard InChI is InChI=1S/C12H26O3/c1-10(2)9-12(11(3)4)15-8-7-14-6-5-13/h10-13H,5-9H2,1-4H3. The third kappa shape index (κ3) is 8.85. The van der Waals surface area contributed by atoms with E-state index in [1.165, 1.54) is 0 Å². The summed E-state index contributed by atoms with van der Waals surface area (Å²) in [4.78, 5) is 0. The molecule has 0 aliphatic rings. The number of hydrogen-bond donors (Lipinski definition) is 1. The average molecular weight is 218 g/mol. The molecule has 0 heterocycles. The molecule has 0 aliphatic heterocycles. The van der Waals surface area contributed by atoms with E-state index in [9.17, 15) is 0 Å². The summed E-state index contributed by atoms with van der Waals surface area (Å²) >= 11 is 0. The smallest absolute Gasteiger partial charge is 0.0704 e. The first-order valence-corrected chi connectivity index (χ1v) is 5.88. The average Bonchev–Trinajstić information content (AvgIpc) is 2.15. The molecule has 0 fully saturated rings. The second-order valence-electron chi connectivity index (χ2n) is 4.62. The van der Waals surface area contributed by atoms with Crippen LogP contribution >= 0.6 is 0 Å². The van der Waals surface area contributed by atoms with Crippen LogP contribution in [0.1, 0.15) is 34.1 Å². The largest absolute Gasteiger partial charge is 0.394 e. The molecule has 1 unspecified atom stereocenters. The van der Waals surface area contributed by atoms with Gasteiger partial charge in [-0.3, -0.25) is 0 Å². The Morgan fingerprint density at radius 1 is 1.00 bits per heavy atom. The van der Waals surface area contributed by atoms with Crippen molar-refractivity contribution in [1.82, 2.24) is 0 Å². The van der Waals surface area contributed by atoms with Crippen LogP contribution in [0.5, 0.6) is 0 Å². The highest BCUT2D eigenvalue weighted by atomic mass is 16.5. The van der Waals surface area contributed by atoms with Crippen LogP contribution in [0.2, 0.25) is 0 Å². The Morgan fingerprint density at radius 3 is 2.13 bits per heavy atom. The van der Waals surface area contributed by atoms with Crippen molar-refractivity contribution < 1.29 is 14.6 Å². The lowest BCUT2D eigenvalue weighted by Crippen LogP contribution is -2.24. The summed E-state index contributed by atoms with van der Waals surface area (Å²) in [6, 6.07) is 0. The van der Waals surface area contributed by atoms with Gasteiger partial charge in [0.25, 0.3) is 0 Å². The van der Waals surface area contributed by atoms with Gasteiger partial charge >= 0.3 is 0 Å². The quantitative estimate of drug-likeness (QED) is 0.602. The van der Waals surface area contributed by atoms with Crippen molar-refractivity contribution in [3.8, 4) is 0 Å². The minimum absolute atomic E-state index is 0.0829. The Balaban J connectivity index is 3.58. The van der Waals surface area contributed by atoms with Crippen molar-refractivity contribution in [2.45, 2.75) is 40.2 Å². The molecule has 0 rings (SSSR count). The first-order valence-electron chi connectivity index (χ1n) is 5.88. The SMILES string of the molecule is CC(C)CC(OCCOCCO)C(C)C. The Kier molecular flexibility index (Phi) is 9.06. The van der Waals surface area contributed by atoms with Gasteiger partial charge in [-0.15, -0.1) is 0 Å². The minimum Gasteiger partial charge on any atom is -0.394 e. The molecule has 92 valence electrons. The summed E-state index contributed by atoms with van der Waals surface area (Å²) in [5.41, 5.74) is 0. The van der Waals surface area contributed by atoms with Gasteiger partial charge in [0.2, 0.25) is 0 Å². The fourth-order valence-corrected chi connectivity index (χ4v) is 1.42. The maximum atomic E-state index is 8.52. The van der Waals surface area contributed by atoms with E-state index in [-0.39, 0.29) is 6.61 Å². The van der Waals surface area contributed by atoms with Crippen LogP contribution in [0, 0.1) is 11.8 Å². The third-order valence-corrected chi connectivity index (χ3v) is 2.24. The molecule has 3 heteroatoms. The van der Waals surface area contributed by atoms with Crippen molar-refractivity contribution in [2.24, 2.45) is 11.8 Å². The normalized spacial score (nSPS) is 13.8. The highest BCUT2D eigenvalue weighted by Crippen LogP contribution is 2.16. The van der Waals surface area contributed by atoms with Crippen LogP contribution in [0.3, 0.4) is 0 Å². The fraction of sp³-hybridized carbons (Fsp3) is 1.00. The molecular formula is C12H26O3. The van der Waals surface area contributed by atoms with Gasteiger partial charge in [-0.1, -0.05) is 27.7 Å². The fourth-order valence-electron chi connectivity index (χ4n) is 1.42. The lowest BCUT2D eigenvalue weighted by molar-refractivity contribution is -0.0278. The number of aliphatic hydroxyl groups excluding tert-OH is 1. The Labute approximate surface area is 93.8 Å². The molecule has 0 radical (unpaired) electrons. The number of aliphatic hydroxyl groups is 1. The number of ether oxygens (including phenoxy) is 2. The van der Waals surface area contributed by atoms with E-state index in [2.05, 4.69) is 27.7 Å². The van der Waals surface area contributed by atoms with Crippen molar-refractivity contribution in [1.29, 1.82) is 0 Å². The van der Waals surface area contributed by atoms with Gasteiger partial charge in [0.1, 0.15) is 0 Å². The van der Waals surface area contributed by atoms with Gasteiger partial charge in [0, 0.05) is 0 Å². The van der Waals surface area contributed by atoms with Crippen molar-refractivity contribution >= 4 is 0 Å². The van der Waals surface area contributed by atoms with Gasteiger partial charge in [0.15, 0.2) is 0 Å². The van der Waals surface area contributed by atoms with Gasteiger partial charge in [-0.25, -0.2) is 0 Å².